The number of likely N-dealkylation sites (tertiary alicyclic amines) is 1. The predicted octanol–water partition coefficient (Wildman–Crippen LogP) is 2.22. The first kappa shape index (κ1) is 8.98. The van der Waals surface area contributed by atoms with Crippen molar-refractivity contribution in [2.45, 2.75) is 51.9 Å². The Bertz CT molecular complexity index is 109. The molecular formula is C9H18FN. The molecule has 11 heavy (non-hydrogen) atoms. The van der Waals surface area contributed by atoms with Crippen molar-refractivity contribution >= 4 is 0 Å². The lowest BCUT2D eigenvalue weighted by Crippen LogP contribution is -2.40. The molecule has 2 heteroatoms. The van der Waals surface area contributed by atoms with Crippen molar-refractivity contribution in [3.8, 4) is 0 Å². The SMILES string of the molecule is CC(F)[C@H]1CCCN1C(C)C. The van der Waals surface area contributed by atoms with Crippen LogP contribution in [0.2, 0.25) is 0 Å². The molecule has 0 radical (unpaired) electrons. The molecule has 1 saturated heterocycles. The molecule has 0 aromatic heterocycles. The van der Waals surface area contributed by atoms with Crippen molar-refractivity contribution in [1.82, 2.24) is 4.90 Å². The molecule has 66 valence electrons. The van der Waals surface area contributed by atoms with Crippen molar-refractivity contribution in [1.29, 1.82) is 0 Å². The summed E-state index contributed by atoms with van der Waals surface area (Å²) in [5, 5.41) is 0. The van der Waals surface area contributed by atoms with E-state index in [0.717, 1.165) is 19.4 Å². The van der Waals surface area contributed by atoms with Crippen LogP contribution in [0.3, 0.4) is 0 Å². The van der Waals surface area contributed by atoms with E-state index in [1.54, 1.807) is 6.92 Å². The fourth-order valence-corrected chi connectivity index (χ4v) is 1.95. The zero-order chi connectivity index (χ0) is 8.43. The van der Waals surface area contributed by atoms with Gasteiger partial charge in [-0.15, -0.1) is 0 Å². The summed E-state index contributed by atoms with van der Waals surface area (Å²) >= 11 is 0. The molecule has 2 atom stereocenters. The number of alkyl halides is 1. The van der Waals surface area contributed by atoms with Crippen molar-refractivity contribution in [3.05, 3.63) is 0 Å². The molecule has 1 nitrogen and oxygen atoms in total. The minimum atomic E-state index is -0.667. The molecule has 0 bridgehead atoms. The van der Waals surface area contributed by atoms with Crippen LogP contribution < -0.4 is 0 Å². The van der Waals surface area contributed by atoms with Crippen LogP contribution in [0, 0.1) is 0 Å². The van der Waals surface area contributed by atoms with E-state index in [1.165, 1.54) is 0 Å². The van der Waals surface area contributed by atoms with Crippen molar-refractivity contribution in [2.24, 2.45) is 0 Å². The smallest absolute Gasteiger partial charge is 0.113 e. The Balaban J connectivity index is 2.51. The van der Waals surface area contributed by atoms with E-state index in [9.17, 15) is 4.39 Å². The summed E-state index contributed by atoms with van der Waals surface area (Å²) in [6.07, 6.45) is 1.53. The second kappa shape index (κ2) is 3.53. The lowest BCUT2D eigenvalue weighted by atomic mass is 10.1. The second-order valence-corrected chi connectivity index (χ2v) is 3.72. The Kier molecular flexibility index (Phi) is 2.88. The monoisotopic (exact) mass is 159 g/mol. The van der Waals surface area contributed by atoms with Gasteiger partial charge in [-0.2, -0.15) is 0 Å². The molecule has 0 aromatic carbocycles. The highest BCUT2D eigenvalue weighted by Gasteiger charge is 2.30. The number of rotatable bonds is 2. The number of hydrogen-bond donors (Lipinski definition) is 0. The fourth-order valence-electron chi connectivity index (χ4n) is 1.95. The van der Waals surface area contributed by atoms with Gasteiger partial charge in [0.05, 0.1) is 0 Å². The highest BCUT2D eigenvalue weighted by Crippen LogP contribution is 2.23. The summed E-state index contributed by atoms with van der Waals surface area (Å²) in [5.41, 5.74) is 0. The van der Waals surface area contributed by atoms with Gasteiger partial charge in [0, 0.05) is 12.1 Å². The molecule has 0 amide bonds. The average molecular weight is 159 g/mol. The number of hydrogen-bond acceptors (Lipinski definition) is 1. The second-order valence-electron chi connectivity index (χ2n) is 3.72. The fraction of sp³-hybridized carbons (Fsp3) is 1.00. The molecule has 0 N–H and O–H groups in total. The van der Waals surface area contributed by atoms with Gasteiger partial charge in [0.15, 0.2) is 0 Å². The quantitative estimate of drug-likeness (QED) is 0.597. The van der Waals surface area contributed by atoms with Crippen LogP contribution in [0.4, 0.5) is 4.39 Å². The summed E-state index contributed by atoms with van der Waals surface area (Å²) in [7, 11) is 0. The maximum absolute atomic E-state index is 13.0. The molecule has 0 aromatic rings. The molecule has 1 fully saturated rings. The third kappa shape index (κ3) is 1.92. The molecule has 1 unspecified atom stereocenters. The van der Waals surface area contributed by atoms with Gasteiger partial charge in [-0.25, -0.2) is 4.39 Å². The third-order valence-electron chi connectivity index (χ3n) is 2.54. The van der Waals surface area contributed by atoms with Crippen LogP contribution in [0.1, 0.15) is 33.6 Å². The van der Waals surface area contributed by atoms with Crippen LogP contribution in [0.25, 0.3) is 0 Å². The van der Waals surface area contributed by atoms with E-state index in [-0.39, 0.29) is 6.04 Å². The summed E-state index contributed by atoms with van der Waals surface area (Å²) < 4.78 is 13.0. The van der Waals surface area contributed by atoms with Gasteiger partial charge in [-0.3, -0.25) is 4.90 Å². The Morgan fingerprint density at radius 1 is 1.36 bits per heavy atom. The van der Waals surface area contributed by atoms with E-state index in [2.05, 4.69) is 18.7 Å². The zero-order valence-electron chi connectivity index (χ0n) is 7.68. The standard InChI is InChI=1S/C9H18FN/c1-7(2)11-6-4-5-9(11)8(3)10/h7-9H,4-6H2,1-3H3/t8?,9-/m1/s1. The van der Waals surface area contributed by atoms with E-state index in [4.69, 9.17) is 0 Å². The van der Waals surface area contributed by atoms with Gasteiger partial charge >= 0.3 is 0 Å². The van der Waals surface area contributed by atoms with Crippen LogP contribution in [0.15, 0.2) is 0 Å². The van der Waals surface area contributed by atoms with Crippen molar-refractivity contribution in [3.63, 3.8) is 0 Å². The number of nitrogens with zero attached hydrogens (tertiary/aromatic N) is 1. The zero-order valence-corrected chi connectivity index (χ0v) is 7.68. The normalized spacial score (nSPS) is 29.7. The maximum atomic E-state index is 13.0. The van der Waals surface area contributed by atoms with Gasteiger partial charge < -0.3 is 0 Å². The summed E-state index contributed by atoms with van der Waals surface area (Å²) in [6.45, 7) is 7.03. The first-order chi connectivity index (χ1) is 5.13. The van der Waals surface area contributed by atoms with Gasteiger partial charge in [0.25, 0.3) is 0 Å². The highest BCUT2D eigenvalue weighted by molar-refractivity contribution is 4.84. The lowest BCUT2D eigenvalue weighted by molar-refractivity contribution is 0.130. The van der Waals surface area contributed by atoms with Crippen molar-refractivity contribution in [2.75, 3.05) is 6.54 Å². The minimum absolute atomic E-state index is 0.190. The first-order valence-electron chi connectivity index (χ1n) is 4.52. The van der Waals surface area contributed by atoms with Gasteiger partial charge in [-0.1, -0.05) is 0 Å². The molecular weight excluding hydrogens is 141 g/mol. The molecule has 1 heterocycles. The van der Waals surface area contributed by atoms with Gasteiger partial charge in [-0.05, 0) is 40.2 Å². The van der Waals surface area contributed by atoms with Crippen LogP contribution >= 0.6 is 0 Å². The molecule has 1 aliphatic rings. The number of halogens is 1. The topological polar surface area (TPSA) is 3.24 Å². The van der Waals surface area contributed by atoms with Gasteiger partial charge in [0.2, 0.25) is 0 Å². The molecule has 1 rings (SSSR count). The Hall–Kier alpha value is -0.110. The Morgan fingerprint density at radius 3 is 2.36 bits per heavy atom. The first-order valence-corrected chi connectivity index (χ1v) is 4.52. The van der Waals surface area contributed by atoms with Crippen LogP contribution in [-0.2, 0) is 0 Å². The minimum Gasteiger partial charge on any atom is -0.295 e. The van der Waals surface area contributed by atoms with E-state index >= 15 is 0 Å². The third-order valence-corrected chi connectivity index (χ3v) is 2.54. The average Bonchev–Trinajstić information content (AvgIpc) is 2.32. The summed E-state index contributed by atoms with van der Waals surface area (Å²) in [6, 6.07) is 0.690. The lowest BCUT2D eigenvalue weighted by Gasteiger charge is -2.28. The Labute approximate surface area is 68.6 Å². The molecule has 0 spiro atoms. The van der Waals surface area contributed by atoms with E-state index < -0.39 is 6.17 Å². The van der Waals surface area contributed by atoms with Crippen molar-refractivity contribution < 1.29 is 4.39 Å². The summed E-state index contributed by atoms with van der Waals surface area (Å²) in [4.78, 5) is 2.27. The largest absolute Gasteiger partial charge is 0.295 e. The molecule has 1 aliphatic heterocycles. The summed E-state index contributed by atoms with van der Waals surface area (Å²) in [5.74, 6) is 0. The van der Waals surface area contributed by atoms with Gasteiger partial charge in [0.1, 0.15) is 6.17 Å². The molecule has 0 aliphatic carbocycles. The maximum Gasteiger partial charge on any atom is 0.113 e. The van der Waals surface area contributed by atoms with Crippen LogP contribution in [0.5, 0.6) is 0 Å². The van der Waals surface area contributed by atoms with Crippen LogP contribution in [-0.4, -0.2) is 29.7 Å². The van der Waals surface area contributed by atoms with E-state index in [1.807, 2.05) is 0 Å². The predicted molar refractivity (Wildman–Crippen MR) is 45.4 cm³/mol. The Morgan fingerprint density at radius 2 is 2.00 bits per heavy atom. The molecule has 0 saturated carbocycles. The highest BCUT2D eigenvalue weighted by atomic mass is 19.1. The van der Waals surface area contributed by atoms with E-state index in [0.29, 0.717) is 6.04 Å².